The average molecular weight is 265 g/mol. The summed E-state index contributed by atoms with van der Waals surface area (Å²) in [5.41, 5.74) is 5.01. The molecule has 1 aliphatic heterocycles. The molecule has 0 spiro atoms. The Labute approximate surface area is 119 Å². The Kier molecular flexibility index (Phi) is 3.31. The van der Waals surface area contributed by atoms with E-state index in [2.05, 4.69) is 49.5 Å². The van der Waals surface area contributed by atoms with Crippen molar-refractivity contribution in [2.45, 2.75) is 32.2 Å². The van der Waals surface area contributed by atoms with Crippen LogP contribution in [0.5, 0.6) is 0 Å². The number of benzene rings is 2. The number of carbonyl (C=O) groups excluding carboxylic acids is 1. The summed E-state index contributed by atoms with van der Waals surface area (Å²) in [5, 5.41) is 3.11. The summed E-state index contributed by atoms with van der Waals surface area (Å²) >= 11 is 0. The minimum atomic E-state index is 0.0887. The first-order chi connectivity index (χ1) is 9.65. The van der Waals surface area contributed by atoms with Crippen LogP contribution in [0.2, 0.25) is 0 Å². The van der Waals surface area contributed by atoms with Gasteiger partial charge in [0.1, 0.15) is 0 Å². The van der Waals surface area contributed by atoms with Gasteiger partial charge in [-0.3, -0.25) is 4.79 Å². The van der Waals surface area contributed by atoms with Crippen molar-refractivity contribution >= 4 is 5.91 Å². The summed E-state index contributed by atoms with van der Waals surface area (Å²) in [7, 11) is 0. The number of rotatable bonds is 2. The topological polar surface area (TPSA) is 29.1 Å². The first-order valence-corrected chi connectivity index (χ1v) is 7.06. The molecule has 20 heavy (non-hydrogen) atoms. The predicted molar refractivity (Wildman–Crippen MR) is 80.6 cm³/mol. The van der Waals surface area contributed by atoms with Crippen LogP contribution in [-0.2, 0) is 4.79 Å². The van der Waals surface area contributed by atoms with Crippen LogP contribution in [0.1, 0.15) is 40.6 Å². The first kappa shape index (κ1) is 12.9. The second-order valence-electron chi connectivity index (χ2n) is 5.61. The van der Waals surface area contributed by atoms with Gasteiger partial charge < -0.3 is 5.32 Å². The Balaban J connectivity index is 1.98. The van der Waals surface area contributed by atoms with E-state index < -0.39 is 0 Å². The van der Waals surface area contributed by atoms with Crippen LogP contribution in [0, 0.1) is 13.8 Å². The van der Waals surface area contributed by atoms with Gasteiger partial charge in [0, 0.05) is 12.3 Å². The lowest BCUT2D eigenvalue weighted by molar-refractivity contribution is -0.119. The zero-order valence-corrected chi connectivity index (χ0v) is 11.9. The lowest BCUT2D eigenvalue weighted by atomic mass is 9.86. The summed E-state index contributed by atoms with van der Waals surface area (Å²) in [6, 6.07) is 16.8. The Morgan fingerprint density at radius 1 is 0.950 bits per heavy atom. The molecule has 0 aliphatic carbocycles. The van der Waals surface area contributed by atoms with Crippen molar-refractivity contribution in [3.63, 3.8) is 0 Å². The lowest BCUT2D eigenvalue weighted by Gasteiger charge is -2.20. The highest BCUT2D eigenvalue weighted by Crippen LogP contribution is 2.38. The molecule has 1 fully saturated rings. The van der Waals surface area contributed by atoms with Crippen LogP contribution in [0.3, 0.4) is 0 Å². The van der Waals surface area contributed by atoms with Gasteiger partial charge in [-0.1, -0.05) is 48.5 Å². The standard InChI is InChI=1S/C18H19NO/c1-12-8-9-15(10-13(12)2)16-11-17(20)19-18(16)14-6-4-3-5-7-14/h3-10,16,18H,11H2,1-2H3,(H,19,20). The maximum atomic E-state index is 11.9. The summed E-state index contributed by atoms with van der Waals surface area (Å²) < 4.78 is 0. The van der Waals surface area contributed by atoms with Crippen molar-refractivity contribution in [3.8, 4) is 0 Å². The lowest BCUT2D eigenvalue weighted by Crippen LogP contribution is -2.20. The number of nitrogens with one attached hydrogen (secondary N) is 1. The molecule has 2 atom stereocenters. The molecule has 1 amide bonds. The molecule has 2 aromatic carbocycles. The zero-order valence-electron chi connectivity index (χ0n) is 11.9. The Morgan fingerprint density at radius 3 is 2.40 bits per heavy atom. The van der Waals surface area contributed by atoms with Gasteiger partial charge in [0.15, 0.2) is 0 Å². The minimum absolute atomic E-state index is 0.0887. The Morgan fingerprint density at radius 2 is 1.70 bits per heavy atom. The molecular formula is C18H19NO. The number of amides is 1. The average Bonchev–Trinajstić information content (AvgIpc) is 2.85. The van der Waals surface area contributed by atoms with Crippen molar-refractivity contribution in [1.29, 1.82) is 0 Å². The normalized spacial score (nSPS) is 21.8. The van der Waals surface area contributed by atoms with E-state index in [0.29, 0.717) is 6.42 Å². The van der Waals surface area contributed by atoms with E-state index in [0.717, 1.165) is 0 Å². The Hall–Kier alpha value is -2.09. The fourth-order valence-electron chi connectivity index (χ4n) is 2.93. The van der Waals surface area contributed by atoms with Gasteiger partial charge in [-0.15, -0.1) is 0 Å². The van der Waals surface area contributed by atoms with E-state index in [1.165, 1.54) is 22.3 Å². The highest BCUT2D eigenvalue weighted by atomic mass is 16.2. The van der Waals surface area contributed by atoms with Gasteiger partial charge in [-0.2, -0.15) is 0 Å². The monoisotopic (exact) mass is 265 g/mol. The summed E-state index contributed by atoms with van der Waals surface area (Å²) in [5.74, 6) is 0.367. The molecule has 2 aromatic rings. The number of aryl methyl sites for hydroxylation is 2. The first-order valence-electron chi connectivity index (χ1n) is 7.06. The highest BCUT2D eigenvalue weighted by Gasteiger charge is 2.34. The van der Waals surface area contributed by atoms with Crippen molar-refractivity contribution < 1.29 is 4.79 Å². The number of hydrogen-bond acceptors (Lipinski definition) is 1. The molecule has 1 N–H and O–H groups in total. The van der Waals surface area contributed by atoms with Crippen LogP contribution in [0.15, 0.2) is 48.5 Å². The van der Waals surface area contributed by atoms with E-state index >= 15 is 0 Å². The summed E-state index contributed by atoms with van der Waals surface area (Å²) in [4.78, 5) is 11.9. The van der Waals surface area contributed by atoms with Crippen LogP contribution in [0.4, 0.5) is 0 Å². The molecule has 1 heterocycles. The fourth-order valence-corrected chi connectivity index (χ4v) is 2.93. The van der Waals surface area contributed by atoms with E-state index in [1.807, 2.05) is 18.2 Å². The molecule has 0 bridgehead atoms. The summed E-state index contributed by atoms with van der Waals surface area (Å²) in [6.07, 6.45) is 0.571. The molecule has 102 valence electrons. The molecular weight excluding hydrogens is 246 g/mol. The van der Waals surface area contributed by atoms with Gasteiger partial charge in [-0.25, -0.2) is 0 Å². The number of hydrogen-bond donors (Lipinski definition) is 1. The highest BCUT2D eigenvalue weighted by molar-refractivity contribution is 5.80. The maximum Gasteiger partial charge on any atom is 0.221 e. The summed E-state index contributed by atoms with van der Waals surface area (Å²) in [6.45, 7) is 4.24. The van der Waals surface area contributed by atoms with Crippen LogP contribution < -0.4 is 5.32 Å². The van der Waals surface area contributed by atoms with Crippen LogP contribution >= 0.6 is 0 Å². The van der Waals surface area contributed by atoms with Crippen LogP contribution in [0.25, 0.3) is 0 Å². The molecule has 2 heteroatoms. The zero-order chi connectivity index (χ0) is 14.1. The quantitative estimate of drug-likeness (QED) is 0.882. The van der Waals surface area contributed by atoms with E-state index in [1.54, 1.807) is 0 Å². The van der Waals surface area contributed by atoms with Crippen molar-refractivity contribution in [1.82, 2.24) is 5.32 Å². The van der Waals surface area contributed by atoms with Gasteiger partial charge in [0.2, 0.25) is 5.91 Å². The largest absolute Gasteiger partial charge is 0.349 e. The molecule has 0 radical (unpaired) electrons. The van der Waals surface area contributed by atoms with E-state index in [-0.39, 0.29) is 17.9 Å². The SMILES string of the molecule is Cc1ccc(C2CC(=O)NC2c2ccccc2)cc1C. The third kappa shape index (κ3) is 2.34. The smallest absolute Gasteiger partial charge is 0.221 e. The third-order valence-corrected chi connectivity index (χ3v) is 4.24. The van der Waals surface area contributed by atoms with E-state index in [4.69, 9.17) is 0 Å². The van der Waals surface area contributed by atoms with Gasteiger partial charge in [-0.05, 0) is 36.1 Å². The second-order valence-corrected chi connectivity index (χ2v) is 5.61. The molecule has 0 aromatic heterocycles. The van der Waals surface area contributed by atoms with Gasteiger partial charge >= 0.3 is 0 Å². The van der Waals surface area contributed by atoms with Crippen molar-refractivity contribution in [3.05, 3.63) is 70.8 Å². The molecule has 3 rings (SSSR count). The fraction of sp³-hybridized carbons (Fsp3) is 0.278. The molecule has 0 saturated carbocycles. The maximum absolute atomic E-state index is 11.9. The Bertz CT molecular complexity index is 633. The van der Waals surface area contributed by atoms with Crippen molar-refractivity contribution in [2.24, 2.45) is 0 Å². The second kappa shape index (κ2) is 5.12. The molecule has 1 aliphatic rings. The predicted octanol–water partition coefficient (Wildman–Crippen LogP) is 3.65. The number of carbonyl (C=O) groups is 1. The molecule has 2 unspecified atom stereocenters. The minimum Gasteiger partial charge on any atom is -0.349 e. The van der Waals surface area contributed by atoms with Gasteiger partial charge in [0.25, 0.3) is 0 Å². The third-order valence-electron chi connectivity index (χ3n) is 4.24. The molecule has 2 nitrogen and oxygen atoms in total. The van der Waals surface area contributed by atoms with Crippen molar-refractivity contribution in [2.75, 3.05) is 0 Å². The van der Waals surface area contributed by atoms with Gasteiger partial charge in [0.05, 0.1) is 6.04 Å². The van der Waals surface area contributed by atoms with E-state index in [9.17, 15) is 4.79 Å². The molecule has 1 saturated heterocycles. The van der Waals surface area contributed by atoms with Crippen LogP contribution in [-0.4, -0.2) is 5.91 Å².